The fraction of sp³-hybridized carbons (Fsp3) is 0.125. The van der Waals surface area contributed by atoms with Crippen molar-refractivity contribution in [3.63, 3.8) is 0 Å². The molecule has 0 spiro atoms. The summed E-state index contributed by atoms with van der Waals surface area (Å²) in [4.78, 5) is 0.930. The number of fused-ring (bicyclic) bond motifs is 1. The molecule has 0 aromatic heterocycles. The van der Waals surface area contributed by atoms with Gasteiger partial charge >= 0.3 is 0 Å². The second kappa shape index (κ2) is 5.16. The molecule has 3 rings (SSSR count). The summed E-state index contributed by atoms with van der Waals surface area (Å²) >= 11 is 2.06. The highest BCUT2D eigenvalue weighted by Gasteiger charge is 2.19. The predicted octanol–water partition coefficient (Wildman–Crippen LogP) is 5.33. The van der Waals surface area contributed by atoms with Crippen LogP contribution in [0.2, 0.25) is 0 Å². The Bertz CT molecular complexity index is 646. The number of benzene rings is 2. The van der Waals surface area contributed by atoms with Gasteiger partial charge in [0, 0.05) is 14.9 Å². The minimum atomic E-state index is -1.40. The molecule has 3 heteroatoms. The average molecular weight is 334 g/mol. The second-order valence-corrected chi connectivity index (χ2v) is 6.83. The van der Waals surface area contributed by atoms with Gasteiger partial charge < -0.3 is 0 Å². The number of thiol groups is 1. The lowest BCUT2D eigenvalue weighted by atomic mass is 10.0. The molecule has 2 aromatic carbocycles. The van der Waals surface area contributed by atoms with Crippen molar-refractivity contribution in [1.29, 1.82) is 0 Å². The van der Waals surface area contributed by atoms with Crippen molar-refractivity contribution in [2.75, 3.05) is 0 Å². The van der Waals surface area contributed by atoms with Crippen LogP contribution in [0, 0.1) is 0 Å². The Morgan fingerprint density at radius 3 is 2.42 bits per heavy atom. The van der Waals surface area contributed by atoms with Gasteiger partial charge in [0.05, 0.1) is 0 Å². The van der Waals surface area contributed by atoms with Crippen molar-refractivity contribution in [3.05, 3.63) is 59.0 Å². The number of aryl methyl sites for hydroxylation is 1. The summed E-state index contributed by atoms with van der Waals surface area (Å²) in [5.41, 5.74) is 4.68. The third-order valence-corrected chi connectivity index (χ3v) is 5.77. The predicted molar refractivity (Wildman–Crippen MR) is 86.1 cm³/mol. The number of rotatable bonds is 2. The third-order valence-electron chi connectivity index (χ3n) is 3.42. The fourth-order valence-electron chi connectivity index (χ4n) is 2.27. The summed E-state index contributed by atoms with van der Waals surface area (Å²) in [6, 6.07) is 14.7. The Morgan fingerprint density at radius 1 is 1.05 bits per heavy atom. The van der Waals surface area contributed by atoms with E-state index in [9.17, 15) is 4.55 Å². The Labute approximate surface area is 124 Å². The first-order chi connectivity index (χ1) is 9.19. The summed E-state index contributed by atoms with van der Waals surface area (Å²) < 4.78 is 12.9. The zero-order valence-corrected chi connectivity index (χ0v) is 13.0. The van der Waals surface area contributed by atoms with E-state index >= 15 is 0 Å². The highest BCUT2D eigenvalue weighted by atomic mass is 79.9. The molecule has 0 fully saturated rings. The van der Waals surface area contributed by atoms with Gasteiger partial charge in [-0.25, -0.2) is 0 Å². The second-order valence-electron chi connectivity index (χ2n) is 4.59. The summed E-state index contributed by atoms with van der Waals surface area (Å²) in [5.74, 6) is 0. The van der Waals surface area contributed by atoms with Gasteiger partial charge in [-0.2, -0.15) is 4.55 Å². The minimum absolute atomic E-state index is 0.930. The first kappa shape index (κ1) is 13.0. The van der Waals surface area contributed by atoms with E-state index in [1.165, 1.54) is 11.1 Å². The third kappa shape index (κ3) is 2.38. The van der Waals surface area contributed by atoms with Crippen LogP contribution in [0.4, 0.5) is 0 Å². The van der Waals surface area contributed by atoms with Crippen molar-refractivity contribution in [1.82, 2.24) is 0 Å². The topological polar surface area (TPSA) is 19.9 Å². The summed E-state index contributed by atoms with van der Waals surface area (Å²) in [5, 5.41) is 1.78. The Balaban J connectivity index is 2.01. The van der Waals surface area contributed by atoms with E-state index in [4.69, 9.17) is 0 Å². The molecule has 97 valence electrons. The number of hydrogen-bond acceptors (Lipinski definition) is 0. The monoisotopic (exact) mass is 333 g/mol. The molecule has 1 atom stereocenters. The maximum Gasteiger partial charge on any atom is 0.0329 e. The summed E-state index contributed by atoms with van der Waals surface area (Å²) in [6.07, 6.45) is 1.05. The van der Waals surface area contributed by atoms with Crippen LogP contribution in [0.25, 0.3) is 15.6 Å². The molecule has 2 aromatic rings. The van der Waals surface area contributed by atoms with E-state index < -0.39 is 11.2 Å². The largest absolute Gasteiger partial charge is 0.169 e. The van der Waals surface area contributed by atoms with E-state index in [-0.39, 0.29) is 0 Å². The zero-order chi connectivity index (χ0) is 13.4. The van der Waals surface area contributed by atoms with Gasteiger partial charge in [-0.05, 0) is 50.5 Å². The van der Waals surface area contributed by atoms with E-state index in [2.05, 4.69) is 53.2 Å². The molecule has 1 aliphatic rings. The summed E-state index contributed by atoms with van der Waals surface area (Å²) in [7, 11) is 0. The molecule has 0 saturated carbocycles. The lowest BCUT2D eigenvalue weighted by Crippen LogP contribution is -1.85. The molecule has 1 heterocycles. The lowest BCUT2D eigenvalue weighted by molar-refractivity contribution is 0.523. The van der Waals surface area contributed by atoms with E-state index in [0.29, 0.717) is 0 Å². The van der Waals surface area contributed by atoms with Gasteiger partial charge in [-0.15, -0.1) is 0 Å². The van der Waals surface area contributed by atoms with Crippen molar-refractivity contribution in [3.8, 4) is 11.1 Å². The molecule has 19 heavy (non-hydrogen) atoms. The molecular weight excluding hydrogens is 320 g/mol. The van der Waals surface area contributed by atoms with E-state index in [1.807, 2.05) is 12.1 Å². The van der Waals surface area contributed by atoms with Crippen LogP contribution in [0.15, 0.2) is 52.8 Å². The van der Waals surface area contributed by atoms with Crippen LogP contribution in [0.5, 0.6) is 0 Å². The SMILES string of the molecule is CCc1ccc(-c2ccc3c(c2)[SH]([O])C=C3Br)cc1. The normalized spacial score (nSPS) is 19.1. The van der Waals surface area contributed by atoms with Gasteiger partial charge in [0.15, 0.2) is 0 Å². The first-order valence-electron chi connectivity index (χ1n) is 6.26. The van der Waals surface area contributed by atoms with Gasteiger partial charge in [0.1, 0.15) is 0 Å². The molecule has 1 aliphatic heterocycles. The van der Waals surface area contributed by atoms with Gasteiger partial charge in [-0.3, -0.25) is 0 Å². The highest BCUT2D eigenvalue weighted by Crippen LogP contribution is 2.50. The number of halogens is 1. The Hall–Kier alpha value is -1.03. The molecule has 0 bridgehead atoms. The first-order valence-corrected chi connectivity index (χ1v) is 8.38. The lowest BCUT2D eigenvalue weighted by Gasteiger charge is -2.09. The minimum Gasteiger partial charge on any atom is -0.169 e. The molecule has 0 aliphatic carbocycles. The van der Waals surface area contributed by atoms with Gasteiger partial charge in [0.2, 0.25) is 0 Å². The van der Waals surface area contributed by atoms with Crippen LogP contribution < -0.4 is 0 Å². The van der Waals surface area contributed by atoms with E-state index in [1.54, 1.807) is 5.41 Å². The quantitative estimate of drug-likeness (QED) is 0.717. The number of hydrogen-bond donors (Lipinski definition) is 1. The maximum absolute atomic E-state index is 12.0. The van der Waals surface area contributed by atoms with Crippen molar-refractivity contribution in [2.24, 2.45) is 0 Å². The summed E-state index contributed by atoms with van der Waals surface area (Å²) in [6.45, 7) is 2.15. The van der Waals surface area contributed by atoms with Crippen LogP contribution in [0.1, 0.15) is 18.1 Å². The average Bonchev–Trinajstić information content (AvgIpc) is 2.74. The van der Waals surface area contributed by atoms with Gasteiger partial charge in [0.25, 0.3) is 0 Å². The Kier molecular flexibility index (Phi) is 3.52. The molecule has 0 saturated heterocycles. The smallest absolute Gasteiger partial charge is 0.0329 e. The zero-order valence-electron chi connectivity index (χ0n) is 10.6. The van der Waals surface area contributed by atoms with Gasteiger partial charge in [-0.1, -0.05) is 54.5 Å². The standard InChI is InChI=1S/C16H14BrOS/c1-2-11-3-5-12(6-4-11)13-7-8-14-15(17)10-19(18)16(14)9-13/h3-10,19H,2H2,1H3. The van der Waals surface area contributed by atoms with Crippen LogP contribution in [-0.4, -0.2) is 0 Å². The molecule has 1 nitrogen and oxygen atoms in total. The molecular formula is C16H14BrOS. The molecule has 0 N–H and O–H groups in total. The van der Waals surface area contributed by atoms with Crippen molar-refractivity contribution >= 4 is 31.6 Å². The molecule has 0 amide bonds. The molecule has 1 unspecified atom stereocenters. The van der Waals surface area contributed by atoms with Crippen molar-refractivity contribution in [2.45, 2.75) is 18.2 Å². The maximum atomic E-state index is 12.0. The molecule has 1 radical (unpaired) electrons. The fourth-order valence-corrected chi connectivity index (χ4v) is 4.51. The van der Waals surface area contributed by atoms with Crippen LogP contribution in [0.3, 0.4) is 0 Å². The van der Waals surface area contributed by atoms with Crippen LogP contribution >= 0.6 is 27.1 Å². The highest BCUT2D eigenvalue weighted by molar-refractivity contribution is 9.15. The van der Waals surface area contributed by atoms with Crippen molar-refractivity contribution < 1.29 is 4.55 Å². The van der Waals surface area contributed by atoms with Crippen LogP contribution in [-0.2, 0) is 11.0 Å². The van der Waals surface area contributed by atoms with E-state index in [0.717, 1.165) is 26.9 Å². The Morgan fingerprint density at radius 2 is 1.74 bits per heavy atom.